The molecule has 0 saturated carbocycles. The number of likely N-dealkylation sites (N-methyl/N-ethyl adjacent to an activating group) is 1. The Kier molecular flexibility index (Phi) is 4.24. The predicted molar refractivity (Wildman–Crippen MR) is 107 cm³/mol. The molecule has 27 heavy (non-hydrogen) atoms. The standard InChI is InChI=1S/C21H20N4O2/c1-3-24(15-7-5-4-6-8-15)19(26)13-25-21(27)20-17(12-22-25)16-11-14(2)9-10-18(16)23-20/h4-12,23H,3,13H2,1-2H3. The number of carbonyl (C=O) groups excluding carboxylic acids is 1. The molecule has 6 nitrogen and oxygen atoms in total. The van der Waals surface area contributed by atoms with Gasteiger partial charge in [-0.05, 0) is 38.1 Å². The lowest BCUT2D eigenvalue weighted by Gasteiger charge is -2.21. The van der Waals surface area contributed by atoms with E-state index >= 15 is 0 Å². The number of rotatable bonds is 4. The van der Waals surface area contributed by atoms with Gasteiger partial charge in [0, 0.05) is 28.5 Å². The summed E-state index contributed by atoms with van der Waals surface area (Å²) < 4.78 is 1.22. The van der Waals surface area contributed by atoms with Crippen molar-refractivity contribution in [2.45, 2.75) is 20.4 Å². The largest absolute Gasteiger partial charge is 0.350 e. The molecule has 136 valence electrons. The van der Waals surface area contributed by atoms with E-state index in [-0.39, 0.29) is 18.0 Å². The van der Waals surface area contributed by atoms with Gasteiger partial charge in [-0.1, -0.05) is 29.8 Å². The molecule has 4 rings (SSSR count). The number of amides is 1. The van der Waals surface area contributed by atoms with Crippen LogP contribution >= 0.6 is 0 Å². The first-order chi connectivity index (χ1) is 13.1. The molecule has 0 aliphatic rings. The lowest BCUT2D eigenvalue weighted by molar-refractivity contribution is -0.119. The lowest BCUT2D eigenvalue weighted by Crippen LogP contribution is -2.37. The summed E-state index contributed by atoms with van der Waals surface area (Å²) in [4.78, 5) is 30.4. The molecule has 0 aliphatic carbocycles. The minimum absolute atomic E-state index is 0.105. The summed E-state index contributed by atoms with van der Waals surface area (Å²) in [6.07, 6.45) is 1.65. The fraction of sp³-hybridized carbons (Fsp3) is 0.190. The minimum atomic E-state index is -0.293. The molecule has 1 amide bonds. The molecule has 2 heterocycles. The third-order valence-electron chi connectivity index (χ3n) is 4.74. The highest BCUT2D eigenvalue weighted by atomic mass is 16.2. The van der Waals surface area contributed by atoms with Crippen LogP contribution in [0, 0.1) is 6.92 Å². The lowest BCUT2D eigenvalue weighted by atomic mass is 10.1. The maximum absolute atomic E-state index is 12.9. The molecule has 0 aliphatic heterocycles. The Morgan fingerprint density at radius 3 is 2.67 bits per heavy atom. The second kappa shape index (κ2) is 6.72. The van der Waals surface area contributed by atoms with Crippen molar-refractivity contribution in [1.82, 2.24) is 14.8 Å². The van der Waals surface area contributed by atoms with Crippen molar-refractivity contribution in [2.24, 2.45) is 0 Å². The number of hydrogen-bond acceptors (Lipinski definition) is 3. The van der Waals surface area contributed by atoms with E-state index in [2.05, 4.69) is 10.1 Å². The molecule has 0 bridgehead atoms. The number of hydrogen-bond donors (Lipinski definition) is 1. The van der Waals surface area contributed by atoms with Crippen molar-refractivity contribution >= 4 is 33.4 Å². The first kappa shape index (κ1) is 17.0. The number of carbonyl (C=O) groups is 1. The van der Waals surface area contributed by atoms with Gasteiger partial charge >= 0.3 is 0 Å². The van der Waals surface area contributed by atoms with Gasteiger partial charge in [-0.15, -0.1) is 0 Å². The van der Waals surface area contributed by atoms with Crippen molar-refractivity contribution in [1.29, 1.82) is 0 Å². The number of aryl methyl sites for hydroxylation is 1. The second-order valence-electron chi connectivity index (χ2n) is 6.54. The van der Waals surface area contributed by atoms with Crippen LogP contribution in [0.3, 0.4) is 0 Å². The van der Waals surface area contributed by atoms with Crippen molar-refractivity contribution in [3.05, 3.63) is 70.6 Å². The summed E-state index contributed by atoms with van der Waals surface area (Å²) in [6, 6.07) is 15.4. The predicted octanol–water partition coefficient (Wildman–Crippen LogP) is 3.24. The highest BCUT2D eigenvalue weighted by Gasteiger charge is 2.17. The Hall–Kier alpha value is -3.41. The Bertz CT molecular complexity index is 1190. The molecule has 0 unspecified atom stereocenters. The van der Waals surface area contributed by atoms with Crippen LogP contribution in [0.15, 0.2) is 59.5 Å². The van der Waals surface area contributed by atoms with Gasteiger partial charge < -0.3 is 9.88 Å². The van der Waals surface area contributed by atoms with Crippen LogP contribution in [0.25, 0.3) is 21.8 Å². The van der Waals surface area contributed by atoms with Gasteiger partial charge in [0.2, 0.25) is 5.91 Å². The van der Waals surface area contributed by atoms with Crippen LogP contribution in [-0.4, -0.2) is 27.2 Å². The number of aromatic nitrogens is 3. The molecule has 4 aromatic rings. The van der Waals surface area contributed by atoms with Gasteiger partial charge in [-0.3, -0.25) is 9.59 Å². The van der Waals surface area contributed by atoms with E-state index in [0.29, 0.717) is 12.1 Å². The summed E-state index contributed by atoms with van der Waals surface area (Å²) in [7, 11) is 0. The van der Waals surface area contributed by atoms with Gasteiger partial charge in [0.1, 0.15) is 12.1 Å². The fourth-order valence-electron chi connectivity index (χ4n) is 3.38. The van der Waals surface area contributed by atoms with E-state index in [1.54, 1.807) is 11.1 Å². The summed E-state index contributed by atoms with van der Waals surface area (Å²) in [5.74, 6) is -0.176. The summed E-state index contributed by atoms with van der Waals surface area (Å²) in [5, 5.41) is 5.99. The number of fused-ring (bicyclic) bond motifs is 3. The molecular weight excluding hydrogens is 340 g/mol. The molecule has 0 radical (unpaired) electrons. The van der Waals surface area contributed by atoms with Crippen LogP contribution in [0.4, 0.5) is 5.69 Å². The normalized spacial score (nSPS) is 11.2. The highest BCUT2D eigenvalue weighted by Crippen LogP contribution is 2.23. The van der Waals surface area contributed by atoms with Crippen molar-refractivity contribution < 1.29 is 4.79 Å². The average molecular weight is 360 g/mol. The molecule has 0 fully saturated rings. The SMILES string of the molecule is CCN(C(=O)Cn1ncc2c([nH]c3ccc(C)cc32)c1=O)c1ccccc1. The molecule has 6 heteroatoms. The Labute approximate surface area is 156 Å². The number of aromatic amines is 1. The molecule has 0 spiro atoms. The number of benzene rings is 2. The third kappa shape index (κ3) is 2.99. The Morgan fingerprint density at radius 2 is 1.93 bits per heavy atom. The Morgan fingerprint density at radius 1 is 1.15 bits per heavy atom. The average Bonchev–Trinajstić information content (AvgIpc) is 3.04. The third-order valence-corrected chi connectivity index (χ3v) is 4.74. The van der Waals surface area contributed by atoms with Gasteiger partial charge in [-0.2, -0.15) is 5.10 Å². The maximum Gasteiger partial charge on any atom is 0.291 e. The number of H-pyrrole nitrogens is 1. The second-order valence-corrected chi connectivity index (χ2v) is 6.54. The minimum Gasteiger partial charge on any atom is -0.350 e. The maximum atomic E-state index is 12.9. The van der Waals surface area contributed by atoms with Crippen LogP contribution in [-0.2, 0) is 11.3 Å². The number of nitrogens with one attached hydrogen (secondary N) is 1. The van der Waals surface area contributed by atoms with Gasteiger partial charge in [-0.25, -0.2) is 4.68 Å². The fourth-order valence-corrected chi connectivity index (χ4v) is 3.38. The zero-order valence-electron chi connectivity index (χ0n) is 15.3. The number of anilines is 1. The van der Waals surface area contributed by atoms with E-state index in [4.69, 9.17) is 0 Å². The smallest absolute Gasteiger partial charge is 0.291 e. The summed E-state index contributed by atoms with van der Waals surface area (Å²) in [6.45, 7) is 4.33. The number of para-hydroxylation sites is 1. The van der Waals surface area contributed by atoms with E-state index in [0.717, 1.165) is 27.5 Å². The molecule has 2 aromatic carbocycles. The monoisotopic (exact) mass is 360 g/mol. The molecular formula is C21H20N4O2. The van der Waals surface area contributed by atoms with Crippen LogP contribution in [0.2, 0.25) is 0 Å². The molecule has 2 aromatic heterocycles. The van der Waals surface area contributed by atoms with E-state index in [1.165, 1.54) is 4.68 Å². The van der Waals surface area contributed by atoms with Gasteiger partial charge in [0.05, 0.1) is 6.20 Å². The van der Waals surface area contributed by atoms with Crippen LogP contribution < -0.4 is 10.5 Å². The van der Waals surface area contributed by atoms with E-state index in [1.807, 2.05) is 62.4 Å². The zero-order valence-corrected chi connectivity index (χ0v) is 15.3. The quantitative estimate of drug-likeness (QED) is 0.607. The summed E-state index contributed by atoms with van der Waals surface area (Å²) >= 11 is 0. The van der Waals surface area contributed by atoms with Gasteiger partial charge in [0.15, 0.2) is 0 Å². The summed E-state index contributed by atoms with van der Waals surface area (Å²) in [5.41, 5.74) is 2.99. The highest BCUT2D eigenvalue weighted by molar-refractivity contribution is 6.06. The molecule has 1 N–H and O–H groups in total. The Balaban J connectivity index is 1.72. The van der Waals surface area contributed by atoms with Crippen LogP contribution in [0.1, 0.15) is 12.5 Å². The first-order valence-corrected chi connectivity index (χ1v) is 8.92. The van der Waals surface area contributed by atoms with Crippen molar-refractivity contribution in [3.63, 3.8) is 0 Å². The zero-order chi connectivity index (χ0) is 19.0. The van der Waals surface area contributed by atoms with Crippen molar-refractivity contribution in [3.8, 4) is 0 Å². The first-order valence-electron chi connectivity index (χ1n) is 8.92. The number of nitrogens with zero attached hydrogens (tertiary/aromatic N) is 3. The van der Waals surface area contributed by atoms with Crippen molar-refractivity contribution in [2.75, 3.05) is 11.4 Å². The van der Waals surface area contributed by atoms with E-state index in [9.17, 15) is 9.59 Å². The topological polar surface area (TPSA) is 71.0 Å². The van der Waals surface area contributed by atoms with Crippen LogP contribution in [0.5, 0.6) is 0 Å². The van der Waals surface area contributed by atoms with Gasteiger partial charge in [0.25, 0.3) is 5.56 Å². The van der Waals surface area contributed by atoms with E-state index < -0.39 is 0 Å². The molecule has 0 saturated heterocycles. The molecule has 0 atom stereocenters.